The fourth-order valence-electron chi connectivity index (χ4n) is 5.86. The number of benzene rings is 3. The number of hydrogen-bond donors (Lipinski definition) is 0. The Bertz CT molecular complexity index is 1630. The van der Waals surface area contributed by atoms with Crippen molar-refractivity contribution in [3.8, 4) is 0 Å². The van der Waals surface area contributed by atoms with Gasteiger partial charge in [0.15, 0.2) is 6.20 Å². The third-order valence-electron chi connectivity index (χ3n) is 8.27. The molecule has 1 aromatic heterocycles. The minimum Gasteiger partial charge on any atom is -0.363 e. The maximum absolute atomic E-state index is 12.9. The van der Waals surface area contributed by atoms with E-state index in [-0.39, 0.29) is 5.41 Å². The molecule has 0 aliphatic heterocycles. The molecule has 0 amide bonds. The Balaban J connectivity index is 1.30. The number of pyridine rings is 1. The second-order valence-electron chi connectivity index (χ2n) is 11.8. The normalized spacial score (nSPS) is 16.7. The zero-order valence-corrected chi connectivity index (χ0v) is 27.7. The van der Waals surface area contributed by atoms with Crippen LogP contribution in [0.4, 0.5) is 0 Å². The summed E-state index contributed by atoms with van der Waals surface area (Å²) in [5.41, 5.74) is 6.14. The Morgan fingerprint density at radius 3 is 2.09 bits per heavy atom. The SMILES string of the molecule is CCOP(=O)(CCC[n+]1ccc(C=CC2(C)C=CC(N(Cc3ccccc3)Cc3ccccc3)=CC2)c2ccccc21)OCC. The fraction of sp³-hybridized carbons (Fsp3) is 0.308. The van der Waals surface area contributed by atoms with Crippen molar-refractivity contribution in [3.05, 3.63) is 144 Å². The van der Waals surface area contributed by atoms with Crippen LogP contribution in [0.5, 0.6) is 0 Å². The van der Waals surface area contributed by atoms with E-state index in [1.807, 2.05) is 13.8 Å². The first-order valence-corrected chi connectivity index (χ1v) is 17.8. The molecule has 1 heterocycles. The zero-order chi connectivity index (χ0) is 31.5. The van der Waals surface area contributed by atoms with Crippen molar-refractivity contribution in [2.45, 2.75) is 53.2 Å². The molecule has 45 heavy (non-hydrogen) atoms. The van der Waals surface area contributed by atoms with Crippen LogP contribution in [0, 0.1) is 5.41 Å². The van der Waals surface area contributed by atoms with E-state index in [1.54, 1.807) is 0 Å². The van der Waals surface area contributed by atoms with Gasteiger partial charge in [0.1, 0.15) is 6.54 Å². The minimum absolute atomic E-state index is 0.0820. The van der Waals surface area contributed by atoms with E-state index in [1.165, 1.54) is 27.8 Å². The number of hydrogen-bond acceptors (Lipinski definition) is 4. The van der Waals surface area contributed by atoms with Crippen molar-refractivity contribution in [1.82, 2.24) is 4.90 Å². The van der Waals surface area contributed by atoms with Gasteiger partial charge in [0.05, 0.1) is 24.8 Å². The highest BCUT2D eigenvalue weighted by molar-refractivity contribution is 7.53. The molecule has 0 saturated carbocycles. The van der Waals surface area contributed by atoms with Crippen molar-refractivity contribution < 1.29 is 18.2 Å². The van der Waals surface area contributed by atoms with Crippen LogP contribution < -0.4 is 4.57 Å². The molecule has 1 aliphatic rings. The van der Waals surface area contributed by atoms with Gasteiger partial charge < -0.3 is 13.9 Å². The van der Waals surface area contributed by atoms with Crippen LogP contribution in [0.1, 0.15) is 50.3 Å². The van der Waals surface area contributed by atoms with Gasteiger partial charge in [-0.3, -0.25) is 4.57 Å². The van der Waals surface area contributed by atoms with Crippen LogP contribution in [0.25, 0.3) is 17.0 Å². The topological polar surface area (TPSA) is 42.7 Å². The van der Waals surface area contributed by atoms with E-state index in [4.69, 9.17) is 9.05 Å². The number of allylic oxidation sites excluding steroid dienone is 4. The third kappa shape index (κ3) is 8.92. The van der Waals surface area contributed by atoms with Gasteiger partial charge in [-0.15, -0.1) is 0 Å². The molecule has 1 aliphatic carbocycles. The minimum atomic E-state index is -3.05. The Morgan fingerprint density at radius 2 is 1.49 bits per heavy atom. The predicted octanol–water partition coefficient (Wildman–Crippen LogP) is 9.35. The van der Waals surface area contributed by atoms with E-state index in [9.17, 15) is 4.57 Å². The molecule has 3 aromatic carbocycles. The maximum atomic E-state index is 12.9. The lowest BCUT2D eigenvalue weighted by Gasteiger charge is -2.31. The molecule has 0 N–H and O–H groups in total. The predicted molar refractivity (Wildman–Crippen MR) is 186 cm³/mol. The van der Waals surface area contributed by atoms with E-state index < -0.39 is 7.60 Å². The average molecular weight is 622 g/mol. The van der Waals surface area contributed by atoms with Gasteiger partial charge in [0, 0.05) is 42.8 Å². The van der Waals surface area contributed by atoms with Gasteiger partial charge in [-0.1, -0.05) is 104 Å². The first-order chi connectivity index (χ1) is 21.9. The van der Waals surface area contributed by atoms with Crippen LogP contribution in [0.15, 0.2) is 127 Å². The highest BCUT2D eigenvalue weighted by Crippen LogP contribution is 2.48. The summed E-state index contributed by atoms with van der Waals surface area (Å²) in [6, 6.07) is 32.1. The molecule has 4 aromatic rings. The molecule has 0 saturated heterocycles. The highest BCUT2D eigenvalue weighted by atomic mass is 31.2. The Morgan fingerprint density at radius 1 is 0.867 bits per heavy atom. The maximum Gasteiger partial charge on any atom is 0.330 e. The number of aromatic nitrogens is 1. The molecule has 0 radical (unpaired) electrons. The molecule has 5 rings (SSSR count). The lowest BCUT2D eigenvalue weighted by atomic mass is 9.82. The average Bonchev–Trinajstić information content (AvgIpc) is 3.05. The summed E-state index contributed by atoms with van der Waals surface area (Å²) >= 11 is 0. The lowest BCUT2D eigenvalue weighted by Crippen LogP contribution is -2.34. The molecule has 0 spiro atoms. The first kappa shape index (κ1) is 32.6. The third-order valence-corrected chi connectivity index (χ3v) is 10.4. The van der Waals surface area contributed by atoms with Crippen molar-refractivity contribution in [2.24, 2.45) is 5.41 Å². The molecular weight excluding hydrogens is 575 g/mol. The van der Waals surface area contributed by atoms with Crippen molar-refractivity contribution >= 4 is 24.6 Å². The summed E-state index contributed by atoms with van der Waals surface area (Å²) in [6.07, 6.45) is 15.8. The number of fused-ring (bicyclic) bond motifs is 1. The van der Waals surface area contributed by atoms with E-state index >= 15 is 0 Å². The van der Waals surface area contributed by atoms with Gasteiger partial charge in [-0.2, -0.15) is 4.57 Å². The molecule has 0 fully saturated rings. The monoisotopic (exact) mass is 621 g/mol. The smallest absolute Gasteiger partial charge is 0.330 e. The van der Waals surface area contributed by atoms with Crippen LogP contribution >= 0.6 is 7.60 Å². The van der Waals surface area contributed by atoms with Gasteiger partial charge in [0.25, 0.3) is 0 Å². The van der Waals surface area contributed by atoms with Gasteiger partial charge in [-0.05, 0) is 49.1 Å². The number of rotatable bonds is 15. The zero-order valence-electron chi connectivity index (χ0n) is 26.8. The summed E-state index contributed by atoms with van der Waals surface area (Å²) in [5.74, 6) is 0. The van der Waals surface area contributed by atoms with Crippen molar-refractivity contribution in [3.63, 3.8) is 0 Å². The Labute approximate surface area is 269 Å². The largest absolute Gasteiger partial charge is 0.363 e. The Hall–Kier alpha value is -3.76. The quantitative estimate of drug-likeness (QED) is 0.0980. The second kappa shape index (κ2) is 15.5. The number of para-hydroxylation sites is 1. The number of nitrogens with zero attached hydrogens (tertiary/aromatic N) is 2. The number of aryl methyl sites for hydroxylation is 1. The summed E-state index contributed by atoms with van der Waals surface area (Å²) in [7, 11) is -3.05. The first-order valence-electron chi connectivity index (χ1n) is 16.1. The summed E-state index contributed by atoms with van der Waals surface area (Å²) in [6.45, 7) is 9.25. The molecule has 5 nitrogen and oxygen atoms in total. The highest BCUT2D eigenvalue weighted by Gasteiger charge is 2.25. The van der Waals surface area contributed by atoms with Gasteiger partial charge >= 0.3 is 7.60 Å². The summed E-state index contributed by atoms with van der Waals surface area (Å²) in [5, 5.41) is 1.20. The molecule has 234 valence electrons. The molecule has 6 heteroatoms. The van der Waals surface area contributed by atoms with E-state index in [2.05, 4.69) is 144 Å². The molecule has 1 unspecified atom stereocenters. The van der Waals surface area contributed by atoms with Gasteiger partial charge in [0.2, 0.25) is 5.52 Å². The molecular formula is C39H46N2O3P+. The second-order valence-corrected chi connectivity index (χ2v) is 14.0. The lowest BCUT2D eigenvalue weighted by molar-refractivity contribution is -0.671. The molecule has 1 atom stereocenters. The summed E-state index contributed by atoms with van der Waals surface area (Å²) < 4.78 is 26.1. The summed E-state index contributed by atoms with van der Waals surface area (Å²) in [4.78, 5) is 2.47. The van der Waals surface area contributed by atoms with Gasteiger partial charge in [-0.25, -0.2) is 0 Å². The van der Waals surface area contributed by atoms with Crippen LogP contribution in [0.2, 0.25) is 0 Å². The van der Waals surface area contributed by atoms with E-state index in [0.29, 0.717) is 25.8 Å². The Kier molecular flexibility index (Phi) is 11.2. The van der Waals surface area contributed by atoms with Crippen LogP contribution in [0.3, 0.4) is 0 Å². The fourth-order valence-corrected chi connectivity index (χ4v) is 7.51. The van der Waals surface area contributed by atoms with Crippen molar-refractivity contribution in [1.29, 1.82) is 0 Å². The standard InChI is InChI=1S/C39H46N2O3P/c1-4-43-45(42,44-5-2)30-14-28-40-29-24-35(37-19-12-13-20-38(37)40)21-25-39(3)26-22-36(23-27-39)41(31-33-15-8-6-9-16-33)32-34-17-10-7-11-18-34/h6-13,15-26,29H,4-5,14,27-28,30-32H2,1-3H3/q+1. The van der Waals surface area contributed by atoms with Crippen LogP contribution in [-0.4, -0.2) is 24.3 Å². The van der Waals surface area contributed by atoms with Crippen LogP contribution in [-0.2, 0) is 33.2 Å². The van der Waals surface area contributed by atoms with Crippen molar-refractivity contribution in [2.75, 3.05) is 19.4 Å². The van der Waals surface area contributed by atoms with E-state index in [0.717, 1.165) is 31.6 Å². The molecule has 0 bridgehead atoms.